The fourth-order valence-corrected chi connectivity index (χ4v) is 2.49. The van der Waals surface area contributed by atoms with Crippen molar-refractivity contribution in [2.24, 2.45) is 5.73 Å². The molecule has 0 aromatic heterocycles. The maximum absolute atomic E-state index is 12.3. The lowest BCUT2D eigenvalue weighted by Gasteiger charge is -2.36. The van der Waals surface area contributed by atoms with Crippen LogP contribution in [0.1, 0.15) is 25.3 Å². The third-order valence-corrected chi connectivity index (χ3v) is 3.81. The minimum atomic E-state index is -1.61. The standard InChI is InChI=1S/C16H20N2O3/c1-12(13-6-3-2-4-7-13)10-14(19)18-9-5-8-16(21,11-18)15(17)20/h2-4,6-7,10,21H,5,8-9,11H2,1H3,(H2,17,20)/b12-10+. The molecule has 21 heavy (non-hydrogen) atoms. The lowest BCUT2D eigenvalue weighted by molar-refractivity contribution is -0.146. The van der Waals surface area contributed by atoms with E-state index in [1.165, 1.54) is 11.0 Å². The van der Waals surface area contributed by atoms with Gasteiger partial charge in [0.2, 0.25) is 5.91 Å². The number of carbonyl (C=O) groups excluding carboxylic acids is 2. The molecule has 0 bridgehead atoms. The summed E-state index contributed by atoms with van der Waals surface area (Å²) in [5.41, 5.74) is 5.41. The third kappa shape index (κ3) is 3.49. The zero-order valence-electron chi connectivity index (χ0n) is 12.1. The van der Waals surface area contributed by atoms with E-state index in [1.807, 2.05) is 37.3 Å². The van der Waals surface area contributed by atoms with Crippen LogP contribution in [0.5, 0.6) is 0 Å². The van der Waals surface area contributed by atoms with Crippen LogP contribution in [0.15, 0.2) is 36.4 Å². The van der Waals surface area contributed by atoms with Gasteiger partial charge in [-0.3, -0.25) is 9.59 Å². The number of primary amides is 1. The zero-order chi connectivity index (χ0) is 15.5. The molecular formula is C16H20N2O3. The van der Waals surface area contributed by atoms with Crippen LogP contribution in [-0.4, -0.2) is 40.5 Å². The molecule has 1 aliphatic rings. The van der Waals surface area contributed by atoms with Crippen molar-refractivity contribution < 1.29 is 14.7 Å². The predicted octanol–water partition coefficient (Wildman–Crippen LogP) is 0.929. The van der Waals surface area contributed by atoms with Gasteiger partial charge in [-0.1, -0.05) is 30.3 Å². The molecule has 1 aromatic rings. The van der Waals surface area contributed by atoms with Gasteiger partial charge in [0, 0.05) is 12.6 Å². The largest absolute Gasteiger partial charge is 0.378 e. The van der Waals surface area contributed by atoms with Crippen LogP contribution in [0.25, 0.3) is 5.57 Å². The first-order valence-corrected chi connectivity index (χ1v) is 6.97. The minimum Gasteiger partial charge on any atom is -0.378 e. The molecule has 1 aromatic carbocycles. The molecule has 1 saturated heterocycles. The molecule has 2 amide bonds. The van der Waals surface area contributed by atoms with Crippen LogP contribution in [0.2, 0.25) is 0 Å². The fourth-order valence-electron chi connectivity index (χ4n) is 2.49. The van der Waals surface area contributed by atoms with E-state index in [0.29, 0.717) is 19.4 Å². The molecular weight excluding hydrogens is 268 g/mol. The summed E-state index contributed by atoms with van der Waals surface area (Å²) < 4.78 is 0. The molecule has 1 heterocycles. The number of nitrogens with two attached hydrogens (primary N) is 1. The van der Waals surface area contributed by atoms with Gasteiger partial charge in [0.15, 0.2) is 5.60 Å². The first-order chi connectivity index (χ1) is 9.92. The van der Waals surface area contributed by atoms with Crippen LogP contribution in [0, 0.1) is 0 Å². The second-order valence-corrected chi connectivity index (χ2v) is 5.45. The molecule has 5 nitrogen and oxygen atoms in total. The zero-order valence-corrected chi connectivity index (χ0v) is 12.1. The van der Waals surface area contributed by atoms with Gasteiger partial charge in [0.1, 0.15) is 0 Å². The number of allylic oxidation sites excluding steroid dienone is 1. The van der Waals surface area contributed by atoms with Crippen molar-refractivity contribution in [1.82, 2.24) is 4.90 Å². The number of nitrogens with zero attached hydrogens (tertiary/aromatic N) is 1. The van der Waals surface area contributed by atoms with E-state index < -0.39 is 11.5 Å². The Morgan fingerprint density at radius 3 is 2.62 bits per heavy atom. The van der Waals surface area contributed by atoms with Crippen LogP contribution < -0.4 is 5.73 Å². The monoisotopic (exact) mass is 288 g/mol. The van der Waals surface area contributed by atoms with E-state index in [4.69, 9.17) is 5.73 Å². The number of piperidine rings is 1. The number of amides is 2. The van der Waals surface area contributed by atoms with E-state index >= 15 is 0 Å². The predicted molar refractivity (Wildman–Crippen MR) is 80.1 cm³/mol. The maximum atomic E-state index is 12.3. The molecule has 1 fully saturated rings. The van der Waals surface area contributed by atoms with Gasteiger partial charge in [-0.25, -0.2) is 0 Å². The van der Waals surface area contributed by atoms with Crippen LogP contribution in [-0.2, 0) is 9.59 Å². The average molecular weight is 288 g/mol. The first kappa shape index (κ1) is 15.3. The number of β-amino-alcohol motifs (C(OH)–C–C–N with tert-alkyl or cyclic N) is 1. The summed E-state index contributed by atoms with van der Waals surface area (Å²) in [6.45, 7) is 2.34. The van der Waals surface area contributed by atoms with Crippen molar-refractivity contribution in [3.8, 4) is 0 Å². The topological polar surface area (TPSA) is 83.6 Å². The highest BCUT2D eigenvalue weighted by Crippen LogP contribution is 2.22. The van der Waals surface area contributed by atoms with E-state index in [2.05, 4.69) is 0 Å². The number of aliphatic hydroxyl groups is 1. The summed E-state index contributed by atoms with van der Waals surface area (Å²) in [7, 11) is 0. The van der Waals surface area contributed by atoms with Gasteiger partial charge in [-0.15, -0.1) is 0 Å². The van der Waals surface area contributed by atoms with Gasteiger partial charge in [0.05, 0.1) is 6.54 Å². The normalized spacial score (nSPS) is 23.0. The van der Waals surface area contributed by atoms with Crippen molar-refractivity contribution in [3.05, 3.63) is 42.0 Å². The maximum Gasteiger partial charge on any atom is 0.251 e. The van der Waals surface area contributed by atoms with Gasteiger partial charge >= 0.3 is 0 Å². The summed E-state index contributed by atoms with van der Waals surface area (Å²) in [6, 6.07) is 9.58. The third-order valence-electron chi connectivity index (χ3n) is 3.81. The van der Waals surface area contributed by atoms with Crippen molar-refractivity contribution >= 4 is 17.4 Å². The Hall–Kier alpha value is -2.14. The van der Waals surface area contributed by atoms with Crippen LogP contribution >= 0.6 is 0 Å². The van der Waals surface area contributed by atoms with Crippen LogP contribution in [0.3, 0.4) is 0 Å². The number of hydrogen-bond acceptors (Lipinski definition) is 3. The van der Waals surface area contributed by atoms with Crippen molar-refractivity contribution in [2.45, 2.75) is 25.4 Å². The fraction of sp³-hybridized carbons (Fsp3) is 0.375. The molecule has 1 aliphatic heterocycles. The number of hydrogen-bond donors (Lipinski definition) is 2. The Kier molecular flexibility index (Phi) is 4.43. The Morgan fingerprint density at radius 2 is 2.00 bits per heavy atom. The molecule has 3 N–H and O–H groups in total. The molecule has 1 atom stereocenters. The number of benzene rings is 1. The summed E-state index contributed by atoms with van der Waals surface area (Å²) in [6.07, 6.45) is 2.39. The Labute approximate surface area is 124 Å². The van der Waals surface area contributed by atoms with Gasteiger partial charge in [-0.2, -0.15) is 0 Å². The van der Waals surface area contributed by atoms with E-state index in [1.54, 1.807) is 0 Å². The summed E-state index contributed by atoms with van der Waals surface area (Å²) in [5.74, 6) is -0.987. The molecule has 1 unspecified atom stereocenters. The van der Waals surface area contributed by atoms with Crippen LogP contribution in [0.4, 0.5) is 0 Å². The smallest absolute Gasteiger partial charge is 0.251 e. The first-order valence-electron chi connectivity index (χ1n) is 6.97. The van der Waals surface area contributed by atoms with Crippen molar-refractivity contribution in [3.63, 3.8) is 0 Å². The summed E-state index contributed by atoms with van der Waals surface area (Å²) in [4.78, 5) is 25.1. The number of likely N-dealkylation sites (tertiary alicyclic amines) is 1. The lowest BCUT2D eigenvalue weighted by Crippen LogP contribution is -2.56. The summed E-state index contributed by atoms with van der Waals surface area (Å²) in [5, 5.41) is 10.1. The Bertz CT molecular complexity index is 568. The molecule has 0 saturated carbocycles. The molecule has 5 heteroatoms. The average Bonchev–Trinajstić information content (AvgIpc) is 2.48. The Balaban J connectivity index is 2.12. The van der Waals surface area contributed by atoms with Gasteiger partial charge in [-0.05, 0) is 30.9 Å². The van der Waals surface area contributed by atoms with Gasteiger partial charge < -0.3 is 15.7 Å². The molecule has 0 spiro atoms. The van der Waals surface area contributed by atoms with Gasteiger partial charge in [0.25, 0.3) is 5.91 Å². The summed E-state index contributed by atoms with van der Waals surface area (Å²) >= 11 is 0. The highest BCUT2D eigenvalue weighted by molar-refractivity contribution is 5.95. The highest BCUT2D eigenvalue weighted by Gasteiger charge is 2.39. The van der Waals surface area contributed by atoms with Crippen molar-refractivity contribution in [2.75, 3.05) is 13.1 Å². The minimum absolute atomic E-state index is 0.0419. The lowest BCUT2D eigenvalue weighted by atomic mass is 9.92. The van der Waals surface area contributed by atoms with E-state index in [0.717, 1.165) is 11.1 Å². The Morgan fingerprint density at radius 1 is 1.33 bits per heavy atom. The second-order valence-electron chi connectivity index (χ2n) is 5.45. The number of carbonyl (C=O) groups is 2. The molecule has 0 radical (unpaired) electrons. The molecule has 0 aliphatic carbocycles. The van der Waals surface area contributed by atoms with E-state index in [-0.39, 0.29) is 12.5 Å². The SMILES string of the molecule is C/C(=C\C(=O)N1CCCC(O)(C(N)=O)C1)c1ccccc1. The second kappa shape index (κ2) is 6.10. The molecule has 2 rings (SSSR count). The number of rotatable bonds is 3. The quantitative estimate of drug-likeness (QED) is 0.812. The van der Waals surface area contributed by atoms with Crippen molar-refractivity contribution in [1.29, 1.82) is 0 Å². The highest BCUT2D eigenvalue weighted by atomic mass is 16.3. The molecule has 112 valence electrons. The van der Waals surface area contributed by atoms with E-state index in [9.17, 15) is 14.7 Å².